The van der Waals surface area contributed by atoms with Crippen molar-refractivity contribution in [3.8, 4) is 11.5 Å². The molecular weight excluding hydrogens is 226 g/mol. The van der Waals surface area contributed by atoms with E-state index in [1.165, 1.54) is 0 Å². The van der Waals surface area contributed by atoms with Crippen molar-refractivity contribution in [2.75, 3.05) is 13.1 Å². The molecule has 0 saturated carbocycles. The van der Waals surface area contributed by atoms with E-state index < -0.39 is 0 Å². The molecule has 1 aromatic heterocycles. The molecule has 2 aromatic rings. The van der Waals surface area contributed by atoms with Crippen LogP contribution in [0, 0.1) is 0 Å². The van der Waals surface area contributed by atoms with E-state index in [9.17, 15) is 0 Å². The SMILES string of the molecule is c1ccc(Oc2cnc(C3CCNC3)nc2)cc1. The lowest BCUT2D eigenvalue weighted by Crippen LogP contribution is -2.10. The van der Waals surface area contributed by atoms with Crippen LogP contribution in [0.4, 0.5) is 0 Å². The van der Waals surface area contributed by atoms with Gasteiger partial charge in [-0.1, -0.05) is 18.2 Å². The van der Waals surface area contributed by atoms with Gasteiger partial charge in [0.25, 0.3) is 0 Å². The predicted molar refractivity (Wildman–Crippen MR) is 68.8 cm³/mol. The summed E-state index contributed by atoms with van der Waals surface area (Å²) in [6.07, 6.45) is 4.60. The maximum atomic E-state index is 5.66. The Kier molecular flexibility index (Phi) is 3.19. The minimum absolute atomic E-state index is 0.441. The summed E-state index contributed by atoms with van der Waals surface area (Å²) in [7, 11) is 0. The van der Waals surface area contributed by atoms with Gasteiger partial charge in [-0.2, -0.15) is 0 Å². The fourth-order valence-electron chi connectivity index (χ4n) is 2.09. The van der Waals surface area contributed by atoms with Crippen LogP contribution in [0.2, 0.25) is 0 Å². The van der Waals surface area contributed by atoms with Crippen LogP contribution in [0.3, 0.4) is 0 Å². The minimum Gasteiger partial charge on any atom is -0.454 e. The van der Waals surface area contributed by atoms with Crippen molar-refractivity contribution < 1.29 is 4.74 Å². The molecule has 2 heterocycles. The Morgan fingerprint density at radius 3 is 2.50 bits per heavy atom. The van der Waals surface area contributed by atoms with Gasteiger partial charge in [-0.25, -0.2) is 9.97 Å². The van der Waals surface area contributed by atoms with Gasteiger partial charge in [0.15, 0.2) is 5.75 Å². The zero-order chi connectivity index (χ0) is 12.2. The molecule has 4 nitrogen and oxygen atoms in total. The molecule has 0 aliphatic carbocycles. The summed E-state index contributed by atoms with van der Waals surface area (Å²) in [6.45, 7) is 2.02. The van der Waals surface area contributed by atoms with Gasteiger partial charge < -0.3 is 10.1 Å². The molecule has 0 amide bonds. The molecule has 1 aliphatic rings. The number of hydrogen-bond acceptors (Lipinski definition) is 4. The smallest absolute Gasteiger partial charge is 0.164 e. The Labute approximate surface area is 106 Å². The Hall–Kier alpha value is -1.94. The molecule has 0 radical (unpaired) electrons. The molecular formula is C14H15N3O. The van der Waals surface area contributed by atoms with Gasteiger partial charge in [0, 0.05) is 12.5 Å². The monoisotopic (exact) mass is 241 g/mol. The van der Waals surface area contributed by atoms with Crippen molar-refractivity contribution in [2.24, 2.45) is 0 Å². The zero-order valence-corrected chi connectivity index (χ0v) is 10.0. The third-order valence-corrected chi connectivity index (χ3v) is 3.05. The number of nitrogens with one attached hydrogen (secondary N) is 1. The number of ether oxygens (including phenoxy) is 1. The van der Waals surface area contributed by atoms with Gasteiger partial charge in [-0.15, -0.1) is 0 Å². The summed E-state index contributed by atoms with van der Waals surface area (Å²) < 4.78 is 5.66. The van der Waals surface area contributed by atoms with E-state index in [0.29, 0.717) is 11.7 Å². The number of para-hydroxylation sites is 1. The lowest BCUT2D eigenvalue weighted by molar-refractivity contribution is 0.475. The molecule has 4 heteroatoms. The van der Waals surface area contributed by atoms with Crippen LogP contribution < -0.4 is 10.1 Å². The van der Waals surface area contributed by atoms with Crippen molar-refractivity contribution >= 4 is 0 Å². The molecule has 1 atom stereocenters. The summed E-state index contributed by atoms with van der Waals surface area (Å²) in [5, 5.41) is 3.31. The van der Waals surface area contributed by atoms with Gasteiger partial charge in [-0.05, 0) is 25.1 Å². The fraction of sp³-hybridized carbons (Fsp3) is 0.286. The average Bonchev–Trinajstić information content (AvgIpc) is 2.95. The van der Waals surface area contributed by atoms with Crippen LogP contribution in [0.15, 0.2) is 42.7 Å². The van der Waals surface area contributed by atoms with Crippen molar-refractivity contribution in [3.63, 3.8) is 0 Å². The maximum absolute atomic E-state index is 5.66. The van der Waals surface area contributed by atoms with E-state index in [1.807, 2.05) is 30.3 Å². The summed E-state index contributed by atoms with van der Waals surface area (Å²) in [5.74, 6) is 2.82. The van der Waals surface area contributed by atoms with Gasteiger partial charge in [0.2, 0.25) is 0 Å². The Morgan fingerprint density at radius 1 is 1.06 bits per heavy atom. The van der Waals surface area contributed by atoms with E-state index in [4.69, 9.17) is 4.74 Å². The van der Waals surface area contributed by atoms with Crippen LogP contribution >= 0.6 is 0 Å². The Balaban J connectivity index is 1.71. The van der Waals surface area contributed by atoms with E-state index >= 15 is 0 Å². The Bertz CT molecular complexity index is 492. The average molecular weight is 241 g/mol. The predicted octanol–water partition coefficient (Wildman–Crippen LogP) is 2.35. The quantitative estimate of drug-likeness (QED) is 0.896. The highest BCUT2D eigenvalue weighted by atomic mass is 16.5. The maximum Gasteiger partial charge on any atom is 0.164 e. The number of hydrogen-bond donors (Lipinski definition) is 1. The molecule has 18 heavy (non-hydrogen) atoms. The molecule has 1 N–H and O–H groups in total. The standard InChI is InChI=1S/C14H15N3O/c1-2-4-12(5-3-1)18-13-9-16-14(17-10-13)11-6-7-15-8-11/h1-5,9-11,15H,6-8H2. The summed E-state index contributed by atoms with van der Waals surface area (Å²) in [5.41, 5.74) is 0. The summed E-state index contributed by atoms with van der Waals surface area (Å²) >= 11 is 0. The molecule has 1 aliphatic heterocycles. The van der Waals surface area contributed by atoms with Crippen molar-refractivity contribution in [1.29, 1.82) is 0 Å². The first kappa shape index (κ1) is 11.2. The number of nitrogens with zero attached hydrogens (tertiary/aromatic N) is 2. The summed E-state index contributed by atoms with van der Waals surface area (Å²) in [4.78, 5) is 8.76. The second kappa shape index (κ2) is 5.14. The highest BCUT2D eigenvalue weighted by molar-refractivity contribution is 5.27. The van der Waals surface area contributed by atoms with Gasteiger partial charge in [0.1, 0.15) is 11.6 Å². The van der Waals surface area contributed by atoms with E-state index in [2.05, 4.69) is 15.3 Å². The van der Waals surface area contributed by atoms with Gasteiger partial charge in [-0.3, -0.25) is 0 Å². The van der Waals surface area contributed by atoms with Crippen LogP contribution in [0.25, 0.3) is 0 Å². The van der Waals surface area contributed by atoms with Crippen molar-refractivity contribution in [2.45, 2.75) is 12.3 Å². The first-order valence-electron chi connectivity index (χ1n) is 6.17. The largest absolute Gasteiger partial charge is 0.454 e. The molecule has 0 spiro atoms. The number of benzene rings is 1. The summed E-state index contributed by atoms with van der Waals surface area (Å²) in [6, 6.07) is 9.66. The molecule has 1 fully saturated rings. The lowest BCUT2D eigenvalue weighted by Gasteiger charge is -2.08. The van der Waals surface area contributed by atoms with Crippen molar-refractivity contribution in [1.82, 2.24) is 15.3 Å². The van der Waals surface area contributed by atoms with E-state index in [0.717, 1.165) is 31.1 Å². The number of aromatic nitrogens is 2. The second-order valence-electron chi connectivity index (χ2n) is 4.38. The third kappa shape index (κ3) is 2.49. The van der Waals surface area contributed by atoms with Crippen LogP contribution in [-0.4, -0.2) is 23.1 Å². The van der Waals surface area contributed by atoms with E-state index in [1.54, 1.807) is 12.4 Å². The molecule has 0 bridgehead atoms. The fourth-order valence-corrected chi connectivity index (χ4v) is 2.09. The van der Waals surface area contributed by atoms with Crippen LogP contribution in [-0.2, 0) is 0 Å². The highest BCUT2D eigenvalue weighted by Crippen LogP contribution is 2.22. The first-order valence-corrected chi connectivity index (χ1v) is 6.17. The molecule has 1 aromatic carbocycles. The van der Waals surface area contributed by atoms with Crippen molar-refractivity contribution in [3.05, 3.63) is 48.5 Å². The number of rotatable bonds is 3. The van der Waals surface area contributed by atoms with Gasteiger partial charge >= 0.3 is 0 Å². The molecule has 3 rings (SSSR count). The third-order valence-electron chi connectivity index (χ3n) is 3.05. The Morgan fingerprint density at radius 2 is 1.83 bits per heavy atom. The van der Waals surface area contributed by atoms with Gasteiger partial charge in [0.05, 0.1) is 12.4 Å². The lowest BCUT2D eigenvalue weighted by atomic mass is 10.1. The molecule has 1 unspecified atom stereocenters. The first-order chi connectivity index (χ1) is 8.92. The van der Waals surface area contributed by atoms with Crippen LogP contribution in [0.5, 0.6) is 11.5 Å². The normalized spacial score (nSPS) is 18.8. The second-order valence-corrected chi connectivity index (χ2v) is 4.38. The zero-order valence-electron chi connectivity index (χ0n) is 10.0. The molecule has 92 valence electrons. The van der Waals surface area contributed by atoms with Crippen LogP contribution in [0.1, 0.15) is 18.2 Å². The van der Waals surface area contributed by atoms with E-state index in [-0.39, 0.29) is 0 Å². The molecule has 1 saturated heterocycles. The minimum atomic E-state index is 0.441. The highest BCUT2D eigenvalue weighted by Gasteiger charge is 2.18. The topological polar surface area (TPSA) is 47.0 Å².